The number of carbonyl (C=O) groups excluding carboxylic acids is 1. The Balaban J connectivity index is 1.57. The zero-order valence-electron chi connectivity index (χ0n) is 13.2. The molecule has 1 saturated heterocycles. The van der Waals surface area contributed by atoms with Gasteiger partial charge in [0.05, 0.1) is 6.10 Å². The quantitative estimate of drug-likeness (QED) is 0.799. The van der Waals surface area contributed by atoms with Gasteiger partial charge in [0, 0.05) is 18.7 Å². The summed E-state index contributed by atoms with van der Waals surface area (Å²) in [4.78, 5) is 16.5. The maximum atomic E-state index is 12.4. The van der Waals surface area contributed by atoms with Gasteiger partial charge in [-0.25, -0.2) is 4.98 Å². The molecule has 2 heterocycles. The first kappa shape index (κ1) is 14.9. The molecule has 1 N–H and O–H groups in total. The molecule has 1 amide bonds. The van der Waals surface area contributed by atoms with E-state index in [4.69, 9.17) is 9.15 Å². The molecule has 0 aliphatic carbocycles. The van der Waals surface area contributed by atoms with Gasteiger partial charge in [0.2, 0.25) is 0 Å². The van der Waals surface area contributed by atoms with E-state index in [0.29, 0.717) is 18.0 Å². The highest BCUT2D eigenvalue weighted by atomic mass is 16.5. The van der Waals surface area contributed by atoms with E-state index in [1.165, 1.54) is 6.39 Å². The molecule has 1 aliphatic heterocycles. The minimum absolute atomic E-state index is 0.102. The lowest BCUT2D eigenvalue weighted by molar-refractivity contribution is 0.0854. The molecule has 1 aliphatic rings. The predicted molar refractivity (Wildman–Crippen MR) is 90.8 cm³/mol. The zero-order valence-corrected chi connectivity index (χ0v) is 13.2. The van der Waals surface area contributed by atoms with Crippen LogP contribution in [0, 0.1) is 0 Å². The molecule has 0 radical (unpaired) electrons. The number of hydrogen-bond donors (Lipinski definition) is 1. The van der Waals surface area contributed by atoms with Crippen LogP contribution in [0.4, 0.5) is 0 Å². The molecule has 24 heavy (non-hydrogen) atoms. The molecule has 5 nitrogen and oxygen atoms in total. The molecule has 1 atom stereocenters. The van der Waals surface area contributed by atoms with Gasteiger partial charge in [-0.05, 0) is 29.7 Å². The van der Waals surface area contributed by atoms with Crippen molar-refractivity contribution in [3.8, 4) is 11.3 Å². The van der Waals surface area contributed by atoms with E-state index in [1.807, 2.05) is 36.4 Å². The third-order valence-corrected chi connectivity index (χ3v) is 4.31. The number of hydrogen-bond acceptors (Lipinski definition) is 4. The largest absolute Gasteiger partial charge is 0.443 e. The highest BCUT2D eigenvalue weighted by molar-refractivity contribution is 5.98. The van der Waals surface area contributed by atoms with Gasteiger partial charge in [-0.3, -0.25) is 4.79 Å². The van der Waals surface area contributed by atoms with Crippen LogP contribution in [-0.2, 0) is 4.74 Å². The second-order valence-electron chi connectivity index (χ2n) is 5.94. The van der Waals surface area contributed by atoms with Crippen molar-refractivity contribution in [1.29, 1.82) is 0 Å². The summed E-state index contributed by atoms with van der Waals surface area (Å²) in [7, 11) is 0. The number of rotatable bonds is 4. The zero-order chi connectivity index (χ0) is 16.4. The summed E-state index contributed by atoms with van der Waals surface area (Å²) >= 11 is 0. The van der Waals surface area contributed by atoms with Crippen LogP contribution in [0.15, 0.2) is 53.3 Å². The van der Waals surface area contributed by atoms with E-state index in [9.17, 15) is 4.79 Å². The second kappa shape index (κ2) is 6.45. The van der Waals surface area contributed by atoms with Crippen LogP contribution < -0.4 is 5.32 Å². The van der Waals surface area contributed by atoms with Gasteiger partial charge >= 0.3 is 0 Å². The summed E-state index contributed by atoms with van der Waals surface area (Å²) in [6, 6.07) is 14.0. The number of nitrogens with zero attached hydrogens (tertiary/aromatic N) is 1. The number of amides is 1. The Bertz CT molecular complexity index is 866. The van der Waals surface area contributed by atoms with E-state index < -0.39 is 0 Å². The normalized spacial score (nSPS) is 17.2. The van der Waals surface area contributed by atoms with Gasteiger partial charge in [-0.1, -0.05) is 36.4 Å². The minimum Gasteiger partial charge on any atom is -0.443 e. The van der Waals surface area contributed by atoms with Crippen LogP contribution in [0.2, 0.25) is 0 Å². The minimum atomic E-state index is -0.234. The van der Waals surface area contributed by atoms with Crippen molar-refractivity contribution < 1.29 is 13.9 Å². The summed E-state index contributed by atoms with van der Waals surface area (Å²) in [6.45, 7) is 1.27. The van der Waals surface area contributed by atoms with Crippen molar-refractivity contribution in [1.82, 2.24) is 10.3 Å². The van der Waals surface area contributed by atoms with E-state index in [0.717, 1.165) is 35.8 Å². The molecular weight excluding hydrogens is 304 g/mol. The number of ether oxygens (including phenoxy) is 1. The lowest BCUT2D eigenvalue weighted by atomic mass is 10.0. The van der Waals surface area contributed by atoms with Crippen molar-refractivity contribution in [3.05, 3.63) is 54.6 Å². The molecule has 0 unspecified atom stereocenters. The van der Waals surface area contributed by atoms with Crippen molar-refractivity contribution >= 4 is 16.7 Å². The number of carbonyl (C=O) groups is 1. The van der Waals surface area contributed by atoms with E-state index in [-0.39, 0.29) is 12.0 Å². The Hall–Kier alpha value is -2.66. The molecule has 5 heteroatoms. The van der Waals surface area contributed by atoms with Crippen LogP contribution in [-0.4, -0.2) is 30.1 Å². The summed E-state index contributed by atoms with van der Waals surface area (Å²) < 4.78 is 11.0. The van der Waals surface area contributed by atoms with Gasteiger partial charge in [0.15, 0.2) is 17.8 Å². The average Bonchev–Trinajstić information content (AvgIpc) is 3.31. The predicted octanol–water partition coefficient (Wildman–Crippen LogP) is 3.40. The molecule has 0 spiro atoms. The van der Waals surface area contributed by atoms with E-state index in [1.54, 1.807) is 0 Å². The fourth-order valence-corrected chi connectivity index (χ4v) is 3.04. The highest BCUT2D eigenvalue weighted by Gasteiger charge is 2.21. The van der Waals surface area contributed by atoms with Crippen molar-refractivity contribution in [2.75, 3.05) is 13.2 Å². The Morgan fingerprint density at radius 2 is 2.08 bits per heavy atom. The fraction of sp³-hybridized carbons (Fsp3) is 0.263. The average molecular weight is 322 g/mol. The maximum Gasteiger partial charge on any atom is 0.274 e. The SMILES string of the molecule is O=C(NC[C@H]1CCCO1)c1ncoc1-c1ccc2ccccc2c1. The van der Waals surface area contributed by atoms with Crippen LogP contribution in [0.1, 0.15) is 23.3 Å². The molecule has 4 rings (SSSR count). The van der Waals surface area contributed by atoms with Crippen molar-refractivity contribution in [2.24, 2.45) is 0 Å². The standard InChI is InChI=1S/C19H18N2O3/c22-19(20-11-16-6-3-9-23-16)17-18(24-12-21-17)15-8-7-13-4-1-2-5-14(13)10-15/h1-2,4-5,7-8,10,12,16H,3,6,9,11H2,(H,20,22)/t16-/m1/s1. The molecule has 122 valence electrons. The number of aromatic nitrogens is 1. The third-order valence-electron chi connectivity index (χ3n) is 4.31. The smallest absolute Gasteiger partial charge is 0.274 e. The summed E-state index contributed by atoms with van der Waals surface area (Å²) in [5, 5.41) is 5.13. The number of oxazole rings is 1. The lowest BCUT2D eigenvalue weighted by Gasteiger charge is -2.10. The van der Waals surface area contributed by atoms with Gasteiger partial charge in [-0.2, -0.15) is 0 Å². The van der Waals surface area contributed by atoms with Crippen LogP contribution in [0.25, 0.3) is 22.1 Å². The number of nitrogens with one attached hydrogen (secondary N) is 1. The van der Waals surface area contributed by atoms with E-state index in [2.05, 4.69) is 16.4 Å². The Kier molecular flexibility index (Phi) is 4.01. The maximum absolute atomic E-state index is 12.4. The third kappa shape index (κ3) is 2.90. The molecule has 0 saturated carbocycles. The highest BCUT2D eigenvalue weighted by Crippen LogP contribution is 2.27. The summed E-state index contributed by atoms with van der Waals surface area (Å²) in [6.07, 6.45) is 3.44. The fourth-order valence-electron chi connectivity index (χ4n) is 3.04. The first-order chi connectivity index (χ1) is 11.8. The van der Waals surface area contributed by atoms with Crippen molar-refractivity contribution in [3.63, 3.8) is 0 Å². The van der Waals surface area contributed by atoms with Gasteiger partial charge in [-0.15, -0.1) is 0 Å². The molecule has 0 bridgehead atoms. The topological polar surface area (TPSA) is 64.4 Å². The first-order valence-corrected chi connectivity index (χ1v) is 8.14. The Labute approximate surface area is 139 Å². The first-order valence-electron chi connectivity index (χ1n) is 8.14. The molecule has 2 aromatic carbocycles. The van der Waals surface area contributed by atoms with Gasteiger partial charge < -0.3 is 14.5 Å². The monoisotopic (exact) mass is 322 g/mol. The van der Waals surface area contributed by atoms with Gasteiger partial charge in [0.25, 0.3) is 5.91 Å². The van der Waals surface area contributed by atoms with Crippen LogP contribution in [0.5, 0.6) is 0 Å². The molecule has 3 aromatic rings. The van der Waals surface area contributed by atoms with Gasteiger partial charge in [0.1, 0.15) is 0 Å². The second-order valence-corrected chi connectivity index (χ2v) is 5.94. The number of benzene rings is 2. The molecule has 1 fully saturated rings. The van der Waals surface area contributed by atoms with Crippen LogP contribution in [0.3, 0.4) is 0 Å². The lowest BCUT2D eigenvalue weighted by Crippen LogP contribution is -2.32. The van der Waals surface area contributed by atoms with Crippen molar-refractivity contribution in [2.45, 2.75) is 18.9 Å². The van der Waals surface area contributed by atoms with E-state index >= 15 is 0 Å². The molecular formula is C19H18N2O3. The Morgan fingerprint density at radius 1 is 1.21 bits per heavy atom. The van der Waals surface area contributed by atoms with Crippen LogP contribution >= 0.6 is 0 Å². The summed E-state index contributed by atoms with van der Waals surface area (Å²) in [5.41, 5.74) is 1.15. The number of fused-ring (bicyclic) bond motifs is 1. The Morgan fingerprint density at radius 3 is 2.92 bits per heavy atom. The molecule has 1 aromatic heterocycles. The summed E-state index contributed by atoms with van der Waals surface area (Å²) in [5.74, 6) is 0.257.